The Labute approximate surface area is 341 Å². The number of hydrogen-bond acceptors (Lipinski definition) is 6. The molecule has 8 nitrogen and oxygen atoms in total. The molecule has 3 aromatic heterocycles. The smallest absolute Gasteiger partial charge is 0.135 e. The molecule has 10 aromatic rings. The first kappa shape index (κ1) is 33.3. The minimum atomic E-state index is -0.00678. The second-order valence-corrected chi connectivity index (χ2v) is 15.4. The van der Waals surface area contributed by atoms with E-state index in [1.807, 2.05) is 103 Å². The van der Waals surface area contributed by atoms with E-state index in [0.29, 0.717) is 22.3 Å². The number of allylic oxidation sites excluding steroid dienone is 4. The van der Waals surface area contributed by atoms with Crippen molar-refractivity contribution in [3.05, 3.63) is 179 Å². The summed E-state index contributed by atoms with van der Waals surface area (Å²) < 4.78 is 17.1. The Kier molecular flexibility index (Phi) is 6.85. The Bertz CT molecular complexity index is 3700. The third kappa shape index (κ3) is 4.74. The number of nitrogens with zero attached hydrogens (tertiary/aromatic N) is 6. The lowest BCUT2D eigenvalue weighted by molar-refractivity contribution is 0.426. The number of ether oxygens (including phenoxy) is 1. The molecule has 60 heavy (non-hydrogen) atoms. The highest BCUT2D eigenvalue weighted by molar-refractivity contribution is 6.12. The second kappa shape index (κ2) is 12.3. The summed E-state index contributed by atoms with van der Waals surface area (Å²) in [6.45, 7) is 0. The van der Waals surface area contributed by atoms with Crippen LogP contribution < -0.4 is 4.74 Å². The van der Waals surface area contributed by atoms with E-state index in [-0.39, 0.29) is 5.92 Å². The summed E-state index contributed by atoms with van der Waals surface area (Å²) in [5.74, 6) is 1.71. The van der Waals surface area contributed by atoms with Crippen LogP contribution in [-0.4, -0.2) is 9.13 Å². The van der Waals surface area contributed by atoms with Crippen molar-refractivity contribution in [2.24, 2.45) is 0 Å². The minimum absolute atomic E-state index is 0.00678. The molecule has 0 saturated heterocycles. The van der Waals surface area contributed by atoms with Crippen LogP contribution in [0.2, 0.25) is 0 Å². The maximum Gasteiger partial charge on any atom is 0.135 e. The summed E-state index contributed by atoms with van der Waals surface area (Å²) in [6, 6.07) is 50.7. The molecule has 0 bridgehead atoms. The van der Waals surface area contributed by atoms with Gasteiger partial charge in [0.15, 0.2) is 0 Å². The lowest BCUT2D eigenvalue weighted by Gasteiger charge is -2.19. The fourth-order valence-corrected chi connectivity index (χ4v) is 9.41. The van der Waals surface area contributed by atoms with Crippen molar-refractivity contribution in [1.29, 1.82) is 21.0 Å². The van der Waals surface area contributed by atoms with Crippen LogP contribution in [0, 0.1) is 45.3 Å². The van der Waals surface area contributed by atoms with Crippen LogP contribution in [0.5, 0.6) is 5.75 Å². The molecule has 12 rings (SSSR count). The average Bonchev–Trinajstić information content (AvgIpc) is 4.04. The molecule has 1 aliphatic carbocycles. The number of hydrogen-bond donors (Lipinski definition) is 0. The Hall–Kier alpha value is -8.82. The maximum absolute atomic E-state index is 9.79. The van der Waals surface area contributed by atoms with Gasteiger partial charge in [0.2, 0.25) is 0 Å². The zero-order valence-corrected chi connectivity index (χ0v) is 31.6. The first-order chi connectivity index (χ1) is 29.5. The highest BCUT2D eigenvalue weighted by atomic mass is 16.5. The van der Waals surface area contributed by atoms with E-state index < -0.39 is 0 Å². The SMILES string of the molecule is N#Cc1ccc2c3ccc(C#N)cc3n(-c3ccc4c(c3)C3CC(c5ccc6oc7ccc(-n8c9cc(C#N)ccc9c9ccc(C#N)cc98)cc7c6c5)=CC=C3O4)c2c1. The van der Waals surface area contributed by atoms with Crippen LogP contribution in [0.3, 0.4) is 0 Å². The molecular formula is C52H26N6O2. The summed E-state index contributed by atoms with van der Waals surface area (Å²) >= 11 is 0. The van der Waals surface area contributed by atoms with Crippen molar-refractivity contribution in [2.75, 3.05) is 0 Å². The van der Waals surface area contributed by atoms with Crippen molar-refractivity contribution in [2.45, 2.75) is 12.3 Å². The lowest BCUT2D eigenvalue weighted by atomic mass is 9.85. The number of rotatable bonds is 3. The molecule has 0 fully saturated rings. The zero-order valence-electron chi connectivity index (χ0n) is 31.6. The summed E-state index contributed by atoms with van der Waals surface area (Å²) in [5, 5.41) is 45.1. The fraction of sp³-hybridized carbons (Fsp3) is 0.0385. The van der Waals surface area contributed by atoms with Crippen molar-refractivity contribution in [1.82, 2.24) is 9.13 Å². The molecule has 276 valence electrons. The first-order valence-electron chi connectivity index (χ1n) is 19.5. The van der Waals surface area contributed by atoms with Gasteiger partial charge in [-0.2, -0.15) is 21.0 Å². The van der Waals surface area contributed by atoms with E-state index in [1.54, 1.807) is 0 Å². The van der Waals surface area contributed by atoms with Gasteiger partial charge in [-0.15, -0.1) is 0 Å². The molecule has 0 saturated carbocycles. The van der Waals surface area contributed by atoms with Crippen LogP contribution in [0.1, 0.15) is 45.7 Å². The van der Waals surface area contributed by atoms with Gasteiger partial charge >= 0.3 is 0 Å². The number of furan rings is 1. The molecule has 0 N–H and O–H groups in total. The summed E-state index contributed by atoms with van der Waals surface area (Å²) in [5.41, 5.74) is 12.5. The van der Waals surface area contributed by atoms with Crippen LogP contribution in [-0.2, 0) is 0 Å². The average molecular weight is 767 g/mol. The normalized spacial score (nSPS) is 14.4. The first-order valence-corrected chi connectivity index (χ1v) is 19.5. The molecule has 0 spiro atoms. The third-order valence-electron chi connectivity index (χ3n) is 12.2. The quantitative estimate of drug-likeness (QED) is 0.176. The van der Waals surface area contributed by atoms with Crippen LogP contribution >= 0.6 is 0 Å². The highest BCUT2D eigenvalue weighted by Gasteiger charge is 2.33. The van der Waals surface area contributed by atoms with Gasteiger partial charge in [-0.1, -0.05) is 36.4 Å². The van der Waals surface area contributed by atoms with Crippen LogP contribution in [0.4, 0.5) is 0 Å². The van der Waals surface area contributed by atoms with Crippen molar-refractivity contribution >= 4 is 71.1 Å². The molecule has 1 atom stereocenters. The van der Waals surface area contributed by atoms with Crippen LogP contribution in [0.25, 0.3) is 82.5 Å². The number of benzene rings is 7. The van der Waals surface area contributed by atoms with Crippen molar-refractivity contribution < 1.29 is 9.15 Å². The Morgan fingerprint density at radius 2 is 0.950 bits per heavy atom. The molecule has 0 radical (unpaired) electrons. The van der Waals surface area contributed by atoms with Gasteiger partial charge in [-0.3, -0.25) is 0 Å². The molecule has 0 amide bonds. The number of fused-ring (bicyclic) bond motifs is 12. The Morgan fingerprint density at radius 3 is 1.48 bits per heavy atom. The third-order valence-corrected chi connectivity index (χ3v) is 12.2. The minimum Gasteiger partial charge on any atom is -0.461 e. The van der Waals surface area contributed by atoms with Gasteiger partial charge in [-0.05, 0) is 121 Å². The van der Waals surface area contributed by atoms with E-state index in [9.17, 15) is 21.0 Å². The fourth-order valence-electron chi connectivity index (χ4n) is 9.41. The molecule has 7 aromatic carbocycles. The monoisotopic (exact) mass is 766 g/mol. The van der Waals surface area contributed by atoms with E-state index in [2.05, 4.69) is 69.8 Å². The summed E-state index contributed by atoms with van der Waals surface area (Å²) in [6.07, 6.45) is 4.94. The van der Waals surface area contributed by atoms with Gasteiger partial charge in [0.05, 0.1) is 68.6 Å². The maximum atomic E-state index is 9.79. The summed E-state index contributed by atoms with van der Waals surface area (Å²) in [7, 11) is 0. The van der Waals surface area contributed by atoms with Gasteiger partial charge in [0, 0.05) is 55.2 Å². The number of aromatic nitrogens is 2. The molecule has 4 heterocycles. The van der Waals surface area contributed by atoms with Gasteiger partial charge in [-0.25, -0.2) is 0 Å². The predicted molar refractivity (Wildman–Crippen MR) is 232 cm³/mol. The molecule has 8 heteroatoms. The summed E-state index contributed by atoms with van der Waals surface area (Å²) in [4.78, 5) is 0. The van der Waals surface area contributed by atoms with Gasteiger partial charge in [0.25, 0.3) is 0 Å². The highest BCUT2D eigenvalue weighted by Crippen LogP contribution is 2.49. The van der Waals surface area contributed by atoms with Crippen molar-refractivity contribution in [3.8, 4) is 41.4 Å². The van der Waals surface area contributed by atoms with Gasteiger partial charge in [0.1, 0.15) is 22.7 Å². The van der Waals surface area contributed by atoms with E-state index in [4.69, 9.17) is 9.15 Å². The largest absolute Gasteiger partial charge is 0.461 e. The standard InChI is InChI=1S/C52H26N6O2/c53-25-29-1-9-37-38-10-2-30(26-54)18-46(38)57(45(37)17-29)35-7-15-51-43(23-35)41-21-33(5-13-49(41)59-51)34-6-14-50-42(22-34)44-24-36(8-16-52(44)60-50)58-47-19-31(27-55)3-11-39(47)40-12-4-32(28-56)20-48(40)58/h1-21,23-24,42H,22H2. The van der Waals surface area contributed by atoms with E-state index >= 15 is 0 Å². The van der Waals surface area contributed by atoms with E-state index in [0.717, 1.165) is 106 Å². The molecular weight excluding hydrogens is 741 g/mol. The van der Waals surface area contributed by atoms with Crippen LogP contribution in [0.15, 0.2) is 150 Å². The molecule has 1 aliphatic heterocycles. The second-order valence-electron chi connectivity index (χ2n) is 15.4. The lowest BCUT2D eigenvalue weighted by Crippen LogP contribution is -2.05. The predicted octanol–water partition coefficient (Wildman–Crippen LogP) is 12.1. The topological polar surface area (TPSA) is 127 Å². The van der Waals surface area contributed by atoms with Crippen molar-refractivity contribution in [3.63, 3.8) is 0 Å². The zero-order chi connectivity index (χ0) is 40.2. The molecule has 1 unspecified atom stereocenters. The number of nitriles is 4. The molecule has 2 aliphatic rings. The van der Waals surface area contributed by atoms with E-state index in [1.165, 1.54) is 5.57 Å². The Morgan fingerprint density at radius 1 is 0.467 bits per heavy atom. The Balaban J connectivity index is 0.946. The van der Waals surface area contributed by atoms with Gasteiger partial charge < -0.3 is 18.3 Å².